The van der Waals surface area contributed by atoms with E-state index in [1.54, 1.807) is 12.2 Å². The number of nitrogens with one attached hydrogen (secondary N) is 2. The Morgan fingerprint density at radius 3 is 3.00 bits per heavy atom. The van der Waals surface area contributed by atoms with Crippen LogP contribution in [0.15, 0.2) is 55.4 Å². The molecule has 2 N–H and O–H groups in total. The van der Waals surface area contributed by atoms with Crippen molar-refractivity contribution in [3.05, 3.63) is 61.1 Å². The number of aromatic amines is 1. The molecule has 3 heterocycles. The van der Waals surface area contributed by atoms with Gasteiger partial charge in [-0.05, 0) is 42.8 Å². The molecule has 142 valence electrons. The van der Waals surface area contributed by atoms with E-state index in [1.165, 1.54) is 6.26 Å². The number of imidazole rings is 1. The molecule has 0 radical (unpaired) electrons. The first kappa shape index (κ1) is 17.8. The molecule has 1 aromatic carbocycles. The van der Waals surface area contributed by atoms with Gasteiger partial charge in [-0.25, -0.2) is 9.97 Å². The lowest BCUT2D eigenvalue weighted by Crippen LogP contribution is -1.99. The fourth-order valence-corrected chi connectivity index (χ4v) is 2.96. The van der Waals surface area contributed by atoms with Crippen molar-refractivity contribution in [3.63, 3.8) is 0 Å². The van der Waals surface area contributed by atoms with Crippen LogP contribution in [0, 0.1) is 0 Å². The van der Waals surface area contributed by atoms with Crippen LogP contribution in [0.3, 0.4) is 0 Å². The van der Waals surface area contributed by atoms with Crippen LogP contribution in [0.25, 0.3) is 28.1 Å². The van der Waals surface area contributed by atoms with E-state index in [2.05, 4.69) is 26.8 Å². The van der Waals surface area contributed by atoms with E-state index in [-0.39, 0.29) is 0 Å². The second kappa shape index (κ2) is 7.56. The number of ether oxygens (including phenoxy) is 1. The summed E-state index contributed by atoms with van der Waals surface area (Å²) < 4.78 is 19.6. The number of H-pyrrole nitrogens is 1. The van der Waals surface area contributed by atoms with Crippen molar-refractivity contribution < 1.29 is 9.13 Å². The maximum Gasteiger partial charge on any atom is 0.208 e. The van der Waals surface area contributed by atoms with E-state index < -0.39 is 6.67 Å². The number of hydrogen-bond donors (Lipinski definition) is 2. The summed E-state index contributed by atoms with van der Waals surface area (Å²) in [6, 6.07) is 9.51. The third-order valence-corrected chi connectivity index (χ3v) is 4.43. The predicted molar refractivity (Wildman–Crippen MR) is 111 cm³/mol. The van der Waals surface area contributed by atoms with Gasteiger partial charge in [0.1, 0.15) is 11.3 Å². The number of aromatic nitrogens is 4. The minimum Gasteiger partial charge on any atom is -0.465 e. The van der Waals surface area contributed by atoms with Gasteiger partial charge in [0.15, 0.2) is 0 Å². The lowest BCUT2D eigenvalue weighted by molar-refractivity contribution is 0.467. The highest BCUT2D eigenvalue weighted by molar-refractivity contribution is 5.91. The van der Waals surface area contributed by atoms with Crippen molar-refractivity contribution in [1.82, 2.24) is 19.5 Å². The number of aryl methyl sites for hydroxylation is 1. The molecule has 0 aliphatic carbocycles. The van der Waals surface area contributed by atoms with Gasteiger partial charge < -0.3 is 19.6 Å². The molecule has 4 rings (SSSR count). The Bertz CT molecular complexity index is 1170. The molecule has 0 aliphatic rings. The Labute approximate surface area is 161 Å². The summed E-state index contributed by atoms with van der Waals surface area (Å²) in [5.74, 6) is 1.35. The molecular weight excluding hydrogens is 357 g/mol. The third-order valence-electron chi connectivity index (χ3n) is 4.43. The first-order valence-electron chi connectivity index (χ1n) is 8.91. The van der Waals surface area contributed by atoms with E-state index in [0.29, 0.717) is 18.1 Å². The number of halogens is 1. The summed E-state index contributed by atoms with van der Waals surface area (Å²) in [5, 5.41) is 3.34. The number of alkyl halides is 1. The highest BCUT2D eigenvalue weighted by Crippen LogP contribution is 2.28. The first-order chi connectivity index (χ1) is 13.7. The highest BCUT2D eigenvalue weighted by atomic mass is 19.1. The fraction of sp³-hybridized carbons (Fsp3) is 0.143. The predicted octanol–water partition coefficient (Wildman–Crippen LogP) is 5.09. The van der Waals surface area contributed by atoms with E-state index in [0.717, 1.165) is 33.4 Å². The molecule has 0 aliphatic heterocycles. The van der Waals surface area contributed by atoms with Crippen molar-refractivity contribution >= 4 is 39.8 Å². The van der Waals surface area contributed by atoms with Gasteiger partial charge >= 0.3 is 0 Å². The molecule has 0 amide bonds. The van der Waals surface area contributed by atoms with Crippen LogP contribution in [-0.2, 0) is 7.05 Å². The first-order valence-corrected chi connectivity index (χ1v) is 8.91. The van der Waals surface area contributed by atoms with Crippen molar-refractivity contribution in [1.29, 1.82) is 0 Å². The maximum atomic E-state index is 12.1. The van der Waals surface area contributed by atoms with Crippen molar-refractivity contribution in [2.24, 2.45) is 7.05 Å². The van der Waals surface area contributed by atoms with E-state index in [1.807, 2.05) is 48.1 Å². The van der Waals surface area contributed by atoms with E-state index in [9.17, 15) is 4.39 Å². The van der Waals surface area contributed by atoms with Gasteiger partial charge in [-0.15, -0.1) is 0 Å². The SMILES string of the molecule is C=Cc1ccc2[nH]cc(Nc3nc4ccc(OC=CCCF)cc4n3C)c2n1. The molecule has 0 unspecified atom stereocenters. The van der Waals surface area contributed by atoms with Gasteiger partial charge in [-0.3, -0.25) is 4.39 Å². The second-order valence-electron chi connectivity index (χ2n) is 6.28. The van der Waals surface area contributed by atoms with Gasteiger partial charge in [0, 0.05) is 19.3 Å². The van der Waals surface area contributed by atoms with E-state index in [4.69, 9.17) is 4.74 Å². The van der Waals surface area contributed by atoms with Crippen LogP contribution in [0.2, 0.25) is 0 Å². The number of allylic oxidation sites excluding steroid dienone is 1. The molecule has 0 fully saturated rings. The number of hydrogen-bond acceptors (Lipinski definition) is 4. The number of fused-ring (bicyclic) bond motifs is 2. The molecule has 7 heteroatoms. The molecule has 3 aromatic heterocycles. The molecule has 0 spiro atoms. The van der Waals surface area contributed by atoms with Gasteiger partial charge in [0.05, 0.1) is 40.9 Å². The highest BCUT2D eigenvalue weighted by Gasteiger charge is 2.12. The molecule has 28 heavy (non-hydrogen) atoms. The summed E-state index contributed by atoms with van der Waals surface area (Å²) >= 11 is 0. The number of benzene rings is 1. The van der Waals surface area contributed by atoms with Crippen molar-refractivity contribution in [3.8, 4) is 5.75 Å². The minimum absolute atomic E-state index is 0.342. The number of pyridine rings is 1. The number of nitrogens with zero attached hydrogens (tertiary/aromatic N) is 3. The monoisotopic (exact) mass is 377 g/mol. The van der Waals surface area contributed by atoms with Gasteiger partial charge in [0.25, 0.3) is 0 Å². The number of anilines is 2. The summed E-state index contributed by atoms with van der Waals surface area (Å²) in [7, 11) is 1.93. The molecule has 0 saturated heterocycles. The zero-order valence-electron chi connectivity index (χ0n) is 15.4. The summed E-state index contributed by atoms with van der Waals surface area (Å²) in [4.78, 5) is 12.5. The van der Waals surface area contributed by atoms with Crippen molar-refractivity contribution in [2.75, 3.05) is 12.0 Å². The third kappa shape index (κ3) is 3.34. The lowest BCUT2D eigenvalue weighted by atomic mass is 10.3. The Morgan fingerprint density at radius 2 is 2.18 bits per heavy atom. The van der Waals surface area contributed by atoms with Crippen molar-refractivity contribution in [2.45, 2.75) is 6.42 Å². The second-order valence-corrected chi connectivity index (χ2v) is 6.28. The zero-order valence-corrected chi connectivity index (χ0v) is 15.4. The van der Waals surface area contributed by atoms with E-state index >= 15 is 0 Å². The van der Waals surface area contributed by atoms with Crippen LogP contribution in [0.1, 0.15) is 12.1 Å². The lowest BCUT2D eigenvalue weighted by Gasteiger charge is -2.05. The quantitative estimate of drug-likeness (QED) is 0.440. The van der Waals surface area contributed by atoms with Crippen LogP contribution < -0.4 is 10.1 Å². The largest absolute Gasteiger partial charge is 0.465 e. The molecule has 0 atom stereocenters. The van der Waals surface area contributed by atoms with Gasteiger partial charge in [0.2, 0.25) is 5.95 Å². The molecule has 0 saturated carbocycles. The Kier molecular flexibility index (Phi) is 4.80. The Hall–Kier alpha value is -3.61. The van der Waals surface area contributed by atoms with Crippen LogP contribution in [0.5, 0.6) is 5.75 Å². The molecule has 6 nitrogen and oxygen atoms in total. The van der Waals surface area contributed by atoms with Crippen LogP contribution in [0.4, 0.5) is 16.0 Å². The summed E-state index contributed by atoms with van der Waals surface area (Å²) in [6.07, 6.45) is 7.09. The maximum absolute atomic E-state index is 12.1. The Balaban J connectivity index is 1.64. The summed E-state index contributed by atoms with van der Waals surface area (Å²) in [6.45, 7) is 3.38. The minimum atomic E-state index is -0.396. The zero-order chi connectivity index (χ0) is 19.5. The van der Waals surface area contributed by atoms with Crippen LogP contribution >= 0.6 is 0 Å². The van der Waals surface area contributed by atoms with Crippen LogP contribution in [-0.4, -0.2) is 26.2 Å². The summed E-state index contributed by atoms with van der Waals surface area (Å²) in [5.41, 5.74) is 5.16. The average molecular weight is 377 g/mol. The number of rotatable bonds is 7. The Morgan fingerprint density at radius 1 is 1.29 bits per heavy atom. The van der Waals surface area contributed by atoms with Gasteiger partial charge in [-0.2, -0.15) is 0 Å². The van der Waals surface area contributed by atoms with Gasteiger partial charge in [-0.1, -0.05) is 6.58 Å². The average Bonchev–Trinajstić information content (AvgIpc) is 3.26. The molecular formula is C21H20FN5O. The fourth-order valence-electron chi connectivity index (χ4n) is 2.96. The standard InChI is InChI=1S/C21H20FN5O/c1-3-14-6-8-17-20(24-14)18(13-23-17)26-21-25-16-9-7-15(12-19(16)27(21)2)28-11-5-4-10-22/h3,5-9,11-13,23H,1,4,10H2,2H3,(H,25,26). The smallest absolute Gasteiger partial charge is 0.208 e. The topological polar surface area (TPSA) is 67.8 Å². The normalized spacial score (nSPS) is 11.5. The molecule has 4 aromatic rings. The molecule has 0 bridgehead atoms.